The second-order valence-corrected chi connectivity index (χ2v) is 1.57. The summed E-state index contributed by atoms with van der Waals surface area (Å²) in [5.74, 6) is -0.968. The molecular formula is C5H8N2O4. The molecule has 0 fully saturated rings. The van der Waals surface area contributed by atoms with Crippen LogP contribution in [0.3, 0.4) is 0 Å². The lowest BCUT2D eigenvalue weighted by molar-refractivity contribution is -0.421. The van der Waals surface area contributed by atoms with Crippen molar-refractivity contribution in [3.05, 3.63) is 22.0 Å². The molecule has 0 saturated heterocycles. The predicted octanol–water partition coefficient (Wildman–Crippen LogP) is -0.503. The topological polar surface area (TPSA) is 81.5 Å². The number of nitro groups is 1. The summed E-state index contributed by atoms with van der Waals surface area (Å²) in [6.45, 7) is 0. The van der Waals surface area contributed by atoms with Gasteiger partial charge in [-0.2, -0.15) is 0 Å². The first kappa shape index (κ1) is 9.41. The number of ether oxygens (including phenoxy) is 1. The number of esters is 1. The molecule has 6 heteroatoms. The van der Waals surface area contributed by atoms with E-state index in [1.54, 1.807) is 0 Å². The Morgan fingerprint density at radius 1 is 1.73 bits per heavy atom. The molecule has 0 rings (SSSR count). The van der Waals surface area contributed by atoms with Crippen LogP contribution in [0.4, 0.5) is 0 Å². The zero-order valence-corrected chi connectivity index (χ0v) is 6.16. The first-order chi connectivity index (χ1) is 5.13. The highest BCUT2D eigenvalue weighted by Crippen LogP contribution is 1.95. The van der Waals surface area contributed by atoms with Crippen molar-refractivity contribution in [1.82, 2.24) is 5.32 Å². The molecule has 0 aromatic heterocycles. The van der Waals surface area contributed by atoms with Gasteiger partial charge >= 0.3 is 11.7 Å². The maximum Gasteiger partial charge on any atom is 0.411 e. The van der Waals surface area contributed by atoms with Crippen molar-refractivity contribution in [3.8, 4) is 0 Å². The van der Waals surface area contributed by atoms with Crippen molar-refractivity contribution in [3.63, 3.8) is 0 Å². The minimum absolute atomic E-state index is 0.616. The maximum absolute atomic E-state index is 10.6. The van der Waals surface area contributed by atoms with Gasteiger partial charge in [-0.15, -0.1) is 0 Å². The van der Waals surface area contributed by atoms with E-state index in [9.17, 15) is 14.9 Å². The number of hydrogen-bond donors (Lipinski definition) is 1. The molecule has 0 radical (unpaired) electrons. The van der Waals surface area contributed by atoms with Crippen LogP contribution in [0.2, 0.25) is 0 Å². The number of nitrogens with one attached hydrogen (secondary N) is 1. The van der Waals surface area contributed by atoms with E-state index in [4.69, 9.17) is 0 Å². The van der Waals surface area contributed by atoms with Gasteiger partial charge < -0.3 is 10.1 Å². The molecule has 0 atom stereocenters. The second-order valence-electron chi connectivity index (χ2n) is 1.57. The molecule has 62 valence electrons. The quantitative estimate of drug-likeness (QED) is 0.260. The van der Waals surface area contributed by atoms with Gasteiger partial charge in [0.25, 0.3) is 0 Å². The van der Waals surface area contributed by atoms with Gasteiger partial charge in [0.1, 0.15) is 0 Å². The number of carbonyl (C=O) groups excluding carboxylic acids is 1. The van der Waals surface area contributed by atoms with E-state index in [1.165, 1.54) is 7.05 Å². The average molecular weight is 160 g/mol. The minimum Gasteiger partial charge on any atom is -0.461 e. The van der Waals surface area contributed by atoms with Gasteiger partial charge in [0.05, 0.1) is 18.2 Å². The van der Waals surface area contributed by atoms with Gasteiger partial charge in [0.15, 0.2) is 0 Å². The van der Waals surface area contributed by atoms with Gasteiger partial charge in [0, 0.05) is 7.05 Å². The molecule has 0 saturated carbocycles. The third-order valence-corrected chi connectivity index (χ3v) is 0.872. The first-order valence-corrected chi connectivity index (χ1v) is 2.73. The largest absolute Gasteiger partial charge is 0.461 e. The predicted molar refractivity (Wildman–Crippen MR) is 36.2 cm³/mol. The average Bonchev–Trinajstić information content (AvgIpc) is 1.98. The molecule has 0 aromatic carbocycles. The fraction of sp³-hybridized carbons (Fsp3) is 0.400. The summed E-state index contributed by atoms with van der Waals surface area (Å²) in [7, 11) is 2.53. The Hall–Kier alpha value is -1.59. The van der Waals surface area contributed by atoms with Crippen LogP contribution in [0.15, 0.2) is 11.9 Å². The molecule has 0 amide bonds. The molecular weight excluding hydrogens is 152 g/mol. The molecule has 0 spiro atoms. The maximum atomic E-state index is 10.6. The summed E-state index contributed by atoms with van der Waals surface area (Å²) in [6, 6.07) is 0. The lowest BCUT2D eigenvalue weighted by Crippen LogP contribution is -2.15. The zero-order chi connectivity index (χ0) is 8.85. The standard InChI is InChI=1S/C5H8N2O4/c1-6-3-4(7(9)10)5(8)11-2/h3,6H,1-2H3/b4-3-. The van der Waals surface area contributed by atoms with Crippen LogP contribution in [0.5, 0.6) is 0 Å². The van der Waals surface area contributed by atoms with Crippen LogP contribution in [0, 0.1) is 10.1 Å². The summed E-state index contributed by atoms with van der Waals surface area (Å²) < 4.78 is 4.14. The number of carbonyl (C=O) groups is 1. The van der Waals surface area contributed by atoms with Gasteiger partial charge in [0.2, 0.25) is 0 Å². The molecule has 0 aliphatic rings. The Labute approximate surface area is 63.0 Å². The Morgan fingerprint density at radius 2 is 2.27 bits per heavy atom. The van der Waals surface area contributed by atoms with Crippen molar-refractivity contribution in [2.24, 2.45) is 0 Å². The lowest BCUT2D eigenvalue weighted by Gasteiger charge is -1.94. The Balaban J connectivity index is 4.48. The fourth-order valence-electron chi connectivity index (χ4n) is 0.427. The molecule has 0 bridgehead atoms. The molecule has 0 aliphatic carbocycles. The second kappa shape index (κ2) is 4.26. The van der Waals surface area contributed by atoms with E-state index in [0.717, 1.165) is 13.3 Å². The molecule has 1 N–H and O–H groups in total. The highest BCUT2D eigenvalue weighted by atomic mass is 16.6. The molecule has 11 heavy (non-hydrogen) atoms. The summed E-state index contributed by atoms with van der Waals surface area (Å²) >= 11 is 0. The van der Waals surface area contributed by atoms with E-state index >= 15 is 0 Å². The van der Waals surface area contributed by atoms with Gasteiger partial charge in [-0.1, -0.05) is 0 Å². The normalized spacial score (nSPS) is 10.5. The van der Waals surface area contributed by atoms with Crippen LogP contribution in [-0.2, 0) is 9.53 Å². The molecule has 6 nitrogen and oxygen atoms in total. The third kappa shape index (κ3) is 2.65. The number of rotatable bonds is 3. The first-order valence-electron chi connectivity index (χ1n) is 2.73. The number of hydrogen-bond acceptors (Lipinski definition) is 5. The Morgan fingerprint density at radius 3 is 2.55 bits per heavy atom. The molecule has 0 heterocycles. The van der Waals surface area contributed by atoms with E-state index in [-0.39, 0.29) is 0 Å². The van der Waals surface area contributed by atoms with Crippen molar-refractivity contribution >= 4 is 5.97 Å². The van der Waals surface area contributed by atoms with Gasteiger partial charge in [-0.05, 0) is 0 Å². The van der Waals surface area contributed by atoms with Crippen molar-refractivity contribution in [2.45, 2.75) is 0 Å². The summed E-state index contributed by atoms with van der Waals surface area (Å²) in [6.07, 6.45) is 0.964. The van der Waals surface area contributed by atoms with Crippen LogP contribution in [0.1, 0.15) is 0 Å². The van der Waals surface area contributed by atoms with Crippen molar-refractivity contribution < 1.29 is 14.5 Å². The van der Waals surface area contributed by atoms with Crippen molar-refractivity contribution in [2.75, 3.05) is 14.2 Å². The fourth-order valence-corrected chi connectivity index (χ4v) is 0.427. The van der Waals surface area contributed by atoms with Crippen molar-refractivity contribution in [1.29, 1.82) is 0 Å². The summed E-state index contributed by atoms with van der Waals surface area (Å²) in [5.41, 5.74) is -0.616. The van der Waals surface area contributed by atoms with E-state index in [1.807, 2.05) is 0 Å². The Bertz CT molecular complexity index is 199. The summed E-state index contributed by atoms with van der Waals surface area (Å²) in [5, 5.41) is 12.4. The monoisotopic (exact) mass is 160 g/mol. The van der Waals surface area contributed by atoms with Crippen LogP contribution >= 0.6 is 0 Å². The summed E-state index contributed by atoms with van der Waals surface area (Å²) in [4.78, 5) is 19.8. The molecule has 0 aromatic rings. The zero-order valence-electron chi connectivity index (χ0n) is 6.16. The van der Waals surface area contributed by atoms with Gasteiger partial charge in [-0.25, -0.2) is 4.79 Å². The minimum atomic E-state index is -0.968. The Kier molecular flexibility index (Phi) is 3.65. The smallest absolute Gasteiger partial charge is 0.411 e. The van der Waals surface area contributed by atoms with E-state index in [2.05, 4.69) is 10.1 Å². The van der Waals surface area contributed by atoms with E-state index < -0.39 is 16.6 Å². The number of methoxy groups -OCH3 is 1. The third-order valence-electron chi connectivity index (χ3n) is 0.872. The van der Waals surface area contributed by atoms with Crippen LogP contribution < -0.4 is 5.32 Å². The highest BCUT2D eigenvalue weighted by Gasteiger charge is 2.21. The number of nitrogens with zero attached hydrogens (tertiary/aromatic N) is 1. The van der Waals surface area contributed by atoms with Crippen LogP contribution in [0.25, 0.3) is 0 Å². The highest BCUT2D eigenvalue weighted by molar-refractivity contribution is 5.85. The SMILES string of the molecule is CN/C=C(/C(=O)OC)[N+](=O)[O-]. The molecule has 0 aliphatic heterocycles. The lowest BCUT2D eigenvalue weighted by atomic mass is 10.5. The van der Waals surface area contributed by atoms with Crippen LogP contribution in [-0.4, -0.2) is 25.1 Å². The molecule has 0 unspecified atom stereocenters. The van der Waals surface area contributed by atoms with E-state index in [0.29, 0.717) is 0 Å². The van der Waals surface area contributed by atoms with Gasteiger partial charge in [-0.3, -0.25) is 10.1 Å².